The van der Waals surface area contributed by atoms with Crippen molar-refractivity contribution < 1.29 is 0 Å². The number of benzene rings is 1. The number of fused-ring (bicyclic) bond motifs is 1. The molecule has 0 fully saturated rings. The second-order valence-corrected chi connectivity index (χ2v) is 6.03. The molecule has 0 unspecified atom stereocenters. The van der Waals surface area contributed by atoms with Crippen LogP contribution in [0.2, 0.25) is 0 Å². The number of H-pyrrole nitrogens is 1. The highest BCUT2D eigenvalue weighted by molar-refractivity contribution is 14.1. The van der Waals surface area contributed by atoms with Crippen LogP contribution in [0.5, 0.6) is 0 Å². The molecular weight excluding hydrogens is 371 g/mol. The molecule has 5 heteroatoms. The number of pyridine rings is 1. The maximum atomic E-state index is 4.66. The van der Waals surface area contributed by atoms with Gasteiger partial charge in [0.05, 0.1) is 11.4 Å². The Labute approximate surface area is 135 Å². The average molecular weight is 382 g/mol. The molecule has 21 heavy (non-hydrogen) atoms. The molecule has 0 aliphatic heterocycles. The lowest BCUT2D eigenvalue weighted by atomic mass is 10.1. The summed E-state index contributed by atoms with van der Waals surface area (Å²) in [6.07, 6.45) is 5.89. The van der Waals surface area contributed by atoms with Crippen molar-refractivity contribution in [2.45, 2.75) is 0 Å². The van der Waals surface area contributed by atoms with Crippen molar-refractivity contribution in [1.29, 1.82) is 0 Å². The predicted molar refractivity (Wildman–Crippen MR) is 90.9 cm³/mol. The van der Waals surface area contributed by atoms with Crippen LogP contribution in [-0.4, -0.2) is 19.6 Å². The van der Waals surface area contributed by atoms with Gasteiger partial charge in [-0.05, 0) is 46.4 Å². The molecule has 0 aliphatic carbocycles. The van der Waals surface area contributed by atoms with Crippen LogP contribution < -0.4 is 0 Å². The van der Waals surface area contributed by atoms with Gasteiger partial charge in [0.2, 0.25) is 0 Å². The van der Waals surface area contributed by atoms with E-state index in [4.69, 9.17) is 0 Å². The van der Waals surface area contributed by atoms with Crippen LogP contribution in [0.1, 0.15) is 0 Å². The number of hydrogen-bond donors (Lipinski definition) is 1. The Balaban J connectivity index is 1.74. The van der Waals surface area contributed by atoms with E-state index in [2.05, 4.69) is 84.9 Å². The number of hydrogen-bond acceptors (Lipinski definition) is 2. The van der Waals surface area contributed by atoms with E-state index >= 15 is 0 Å². The minimum atomic E-state index is 0.961. The van der Waals surface area contributed by atoms with E-state index < -0.39 is 0 Å². The highest BCUT2D eigenvalue weighted by Gasteiger charge is 2.05. The molecule has 3 heterocycles. The van der Waals surface area contributed by atoms with E-state index in [-0.39, 0.29) is 0 Å². The summed E-state index contributed by atoms with van der Waals surface area (Å²) in [6, 6.07) is 14.4. The Morgan fingerprint density at radius 2 is 1.71 bits per heavy atom. The molecule has 4 aromatic rings. The zero-order valence-corrected chi connectivity index (χ0v) is 13.2. The van der Waals surface area contributed by atoms with Crippen LogP contribution in [0.15, 0.2) is 61.1 Å². The number of nitrogens with one attached hydrogen (secondary N) is 1. The zero-order valence-electron chi connectivity index (χ0n) is 11.0. The fourth-order valence-corrected chi connectivity index (χ4v) is 2.82. The lowest BCUT2D eigenvalue weighted by molar-refractivity contribution is 1.10. The first-order chi connectivity index (χ1) is 10.3. The maximum absolute atomic E-state index is 4.66. The largest absolute Gasteiger partial charge is 0.305 e. The molecule has 4 rings (SSSR count). The van der Waals surface area contributed by atoms with Gasteiger partial charge in [-0.3, -0.25) is 5.10 Å². The molecule has 0 aliphatic rings. The number of aromatic amines is 1. The normalized spacial score (nSPS) is 11.1. The van der Waals surface area contributed by atoms with Crippen molar-refractivity contribution >= 4 is 28.2 Å². The summed E-state index contributed by atoms with van der Waals surface area (Å²) in [4.78, 5) is 4.66. The molecule has 1 N–H and O–H groups in total. The van der Waals surface area contributed by atoms with Crippen molar-refractivity contribution in [3.8, 4) is 22.5 Å². The van der Waals surface area contributed by atoms with Crippen LogP contribution in [0.25, 0.3) is 28.2 Å². The third-order valence-corrected chi connectivity index (χ3v) is 4.05. The van der Waals surface area contributed by atoms with Gasteiger partial charge in [0, 0.05) is 27.7 Å². The SMILES string of the molecule is [123I]c1ccc2nc(-c3ccc(-c4ccn[nH]4)cc3)cn2c1. The first-order valence-corrected chi connectivity index (χ1v) is 7.62. The molecule has 3 aromatic heterocycles. The van der Waals surface area contributed by atoms with E-state index in [1.54, 1.807) is 6.20 Å². The summed E-state index contributed by atoms with van der Waals surface area (Å²) in [5.41, 5.74) is 5.19. The number of imidazole rings is 1. The summed E-state index contributed by atoms with van der Waals surface area (Å²) in [5.74, 6) is 0. The lowest BCUT2D eigenvalue weighted by Crippen LogP contribution is -1.82. The molecule has 1 aromatic carbocycles. The smallest absolute Gasteiger partial charge is 0.137 e. The van der Waals surface area contributed by atoms with Crippen molar-refractivity contribution in [3.63, 3.8) is 0 Å². The second kappa shape index (κ2) is 5.00. The van der Waals surface area contributed by atoms with Crippen molar-refractivity contribution in [2.24, 2.45) is 0 Å². The molecule has 4 nitrogen and oxygen atoms in total. The van der Waals surface area contributed by atoms with Crippen molar-refractivity contribution in [3.05, 3.63) is 64.6 Å². The first kappa shape index (κ1) is 12.6. The molecule has 102 valence electrons. The molecular formula is C16H11IN4. The number of halogens is 1. The fraction of sp³-hybridized carbons (Fsp3) is 0. The third-order valence-electron chi connectivity index (χ3n) is 3.41. The molecule has 0 atom stereocenters. The van der Waals surface area contributed by atoms with Crippen LogP contribution in [0.4, 0.5) is 0 Å². The summed E-state index contributed by atoms with van der Waals surface area (Å²) >= 11 is 2.30. The molecule has 0 spiro atoms. The summed E-state index contributed by atoms with van der Waals surface area (Å²) in [5, 5.41) is 6.94. The van der Waals surface area contributed by atoms with Gasteiger partial charge in [-0.25, -0.2) is 4.98 Å². The van der Waals surface area contributed by atoms with E-state index in [0.29, 0.717) is 0 Å². The Hall–Kier alpha value is -2.15. The fourth-order valence-electron chi connectivity index (χ4n) is 2.34. The van der Waals surface area contributed by atoms with Crippen LogP contribution in [0.3, 0.4) is 0 Å². The van der Waals surface area contributed by atoms with Gasteiger partial charge in [-0.1, -0.05) is 24.3 Å². The maximum Gasteiger partial charge on any atom is 0.137 e. The van der Waals surface area contributed by atoms with Crippen LogP contribution >= 0.6 is 22.6 Å². The van der Waals surface area contributed by atoms with Crippen molar-refractivity contribution in [1.82, 2.24) is 19.6 Å². The minimum absolute atomic E-state index is 0.961. The molecule has 0 saturated heterocycles. The number of nitrogens with zero attached hydrogens (tertiary/aromatic N) is 3. The third kappa shape index (κ3) is 2.33. The average Bonchev–Trinajstić information content (AvgIpc) is 3.16. The summed E-state index contributed by atoms with van der Waals surface area (Å²) in [7, 11) is 0. The van der Waals surface area contributed by atoms with E-state index in [9.17, 15) is 0 Å². The monoisotopic (exact) mass is 382 g/mol. The predicted octanol–water partition coefficient (Wildman–Crippen LogP) is 4.00. The molecule has 0 saturated carbocycles. The second-order valence-electron chi connectivity index (χ2n) is 4.79. The topological polar surface area (TPSA) is 46.0 Å². The Kier molecular flexibility index (Phi) is 2.99. The van der Waals surface area contributed by atoms with Gasteiger partial charge in [-0.2, -0.15) is 5.10 Å². The molecule has 0 bridgehead atoms. The van der Waals surface area contributed by atoms with Gasteiger partial charge in [0.25, 0.3) is 0 Å². The molecule has 0 radical (unpaired) electrons. The Bertz CT molecular complexity index is 892. The Morgan fingerprint density at radius 1 is 0.905 bits per heavy atom. The van der Waals surface area contributed by atoms with E-state index in [1.165, 1.54) is 3.57 Å². The summed E-state index contributed by atoms with van der Waals surface area (Å²) in [6.45, 7) is 0. The number of aromatic nitrogens is 4. The van der Waals surface area contributed by atoms with Crippen molar-refractivity contribution in [2.75, 3.05) is 0 Å². The molecule has 0 amide bonds. The summed E-state index contributed by atoms with van der Waals surface area (Å²) < 4.78 is 3.25. The zero-order chi connectivity index (χ0) is 14.2. The number of rotatable bonds is 2. The standard InChI is InChI=1S/C16H11IN4/c17-13-5-6-16-19-15(10-21(16)9-13)12-3-1-11(2-4-12)14-7-8-18-20-14/h1-10H,(H,18,20)/i17-4. The van der Waals surface area contributed by atoms with E-state index in [1.807, 2.05) is 12.1 Å². The van der Waals surface area contributed by atoms with Crippen LogP contribution in [0, 0.1) is 3.57 Å². The first-order valence-electron chi connectivity index (χ1n) is 6.54. The van der Waals surface area contributed by atoms with Crippen LogP contribution in [-0.2, 0) is 0 Å². The highest BCUT2D eigenvalue weighted by atomic mass is 123. The van der Waals surface area contributed by atoms with Gasteiger partial charge in [0.1, 0.15) is 5.65 Å². The lowest BCUT2D eigenvalue weighted by Gasteiger charge is -1.99. The van der Waals surface area contributed by atoms with Gasteiger partial charge < -0.3 is 4.40 Å². The Morgan fingerprint density at radius 3 is 2.48 bits per heavy atom. The van der Waals surface area contributed by atoms with Gasteiger partial charge >= 0.3 is 0 Å². The minimum Gasteiger partial charge on any atom is -0.305 e. The highest BCUT2D eigenvalue weighted by Crippen LogP contribution is 2.23. The van der Waals surface area contributed by atoms with Gasteiger partial charge in [0.15, 0.2) is 0 Å². The van der Waals surface area contributed by atoms with E-state index in [0.717, 1.165) is 28.2 Å². The van der Waals surface area contributed by atoms with Gasteiger partial charge in [-0.15, -0.1) is 0 Å². The quantitative estimate of drug-likeness (QED) is 0.533.